The van der Waals surface area contributed by atoms with Crippen molar-refractivity contribution in [2.45, 2.75) is 63.8 Å². The second-order valence-corrected chi connectivity index (χ2v) is 9.44. The van der Waals surface area contributed by atoms with Crippen LogP contribution in [0.3, 0.4) is 0 Å². The topological polar surface area (TPSA) is 87.9 Å². The Bertz CT molecular complexity index is 872. The fourth-order valence-electron chi connectivity index (χ4n) is 5.56. The van der Waals surface area contributed by atoms with Gasteiger partial charge in [-0.1, -0.05) is 6.07 Å². The van der Waals surface area contributed by atoms with Gasteiger partial charge in [-0.05, 0) is 74.1 Å². The molecule has 1 aliphatic carbocycles. The highest BCUT2D eigenvalue weighted by Gasteiger charge is 2.36. The van der Waals surface area contributed by atoms with Crippen LogP contribution in [0.15, 0.2) is 18.2 Å². The van der Waals surface area contributed by atoms with E-state index < -0.39 is 5.97 Å². The van der Waals surface area contributed by atoms with Crippen molar-refractivity contribution in [1.82, 2.24) is 9.80 Å². The van der Waals surface area contributed by atoms with Crippen molar-refractivity contribution in [3.8, 4) is 6.07 Å². The molecule has 0 unspecified atom stereocenters. The highest BCUT2D eigenvalue weighted by atomic mass is 16.4. The molecule has 0 radical (unpaired) electrons. The minimum absolute atomic E-state index is 0.114. The molecule has 32 heavy (non-hydrogen) atoms. The first-order chi connectivity index (χ1) is 15.5. The van der Waals surface area contributed by atoms with Gasteiger partial charge in [0.1, 0.15) is 0 Å². The molecule has 2 aliphatic heterocycles. The molecule has 1 saturated carbocycles. The molecule has 172 valence electrons. The number of urea groups is 1. The molecular formula is C25H34N4O3. The molecular weight excluding hydrogens is 404 g/mol. The highest BCUT2D eigenvalue weighted by Crippen LogP contribution is 2.33. The fourth-order valence-corrected chi connectivity index (χ4v) is 5.56. The molecule has 4 rings (SSSR count). The van der Waals surface area contributed by atoms with Crippen molar-refractivity contribution in [2.75, 3.05) is 37.6 Å². The summed E-state index contributed by atoms with van der Waals surface area (Å²) in [6.07, 6.45) is 7.52. The Kier molecular flexibility index (Phi) is 7.31. The molecule has 0 bridgehead atoms. The summed E-state index contributed by atoms with van der Waals surface area (Å²) in [6.45, 7) is 4.27. The lowest BCUT2D eigenvalue weighted by Crippen LogP contribution is -2.41. The second-order valence-electron chi connectivity index (χ2n) is 9.44. The molecule has 1 aromatic carbocycles. The van der Waals surface area contributed by atoms with Crippen LogP contribution >= 0.6 is 0 Å². The van der Waals surface area contributed by atoms with Gasteiger partial charge in [0.15, 0.2) is 0 Å². The number of hydrogen-bond donors (Lipinski definition) is 1. The number of carboxylic acids is 1. The minimum Gasteiger partial charge on any atom is -0.481 e. The van der Waals surface area contributed by atoms with Crippen LogP contribution in [0.2, 0.25) is 0 Å². The first kappa shape index (κ1) is 22.6. The lowest BCUT2D eigenvalue weighted by atomic mass is 9.83. The zero-order chi connectivity index (χ0) is 22.5. The molecule has 2 fully saturated rings. The number of anilines is 1. The number of fused-ring (bicyclic) bond motifs is 1. The first-order valence-electron chi connectivity index (χ1n) is 12.1. The molecule has 7 heteroatoms. The van der Waals surface area contributed by atoms with E-state index >= 15 is 0 Å². The van der Waals surface area contributed by atoms with E-state index in [1.54, 1.807) is 0 Å². The summed E-state index contributed by atoms with van der Waals surface area (Å²) >= 11 is 0. The number of amides is 2. The molecule has 1 saturated heterocycles. The summed E-state index contributed by atoms with van der Waals surface area (Å²) < 4.78 is 0. The number of rotatable bonds is 7. The van der Waals surface area contributed by atoms with Crippen LogP contribution in [0, 0.1) is 17.2 Å². The second kappa shape index (κ2) is 10.4. The predicted molar refractivity (Wildman–Crippen MR) is 123 cm³/mol. The number of nitrogens with zero attached hydrogens (tertiary/aromatic N) is 4. The van der Waals surface area contributed by atoms with E-state index in [0.717, 1.165) is 83.4 Å². The summed E-state index contributed by atoms with van der Waals surface area (Å²) in [7, 11) is 0. The predicted octanol–water partition coefficient (Wildman–Crippen LogP) is 3.67. The molecule has 7 nitrogen and oxygen atoms in total. The van der Waals surface area contributed by atoms with Gasteiger partial charge < -0.3 is 14.9 Å². The first-order valence-corrected chi connectivity index (χ1v) is 12.1. The summed E-state index contributed by atoms with van der Waals surface area (Å²) in [6, 6.07) is 9.11. The molecule has 0 spiro atoms. The number of carbonyl (C=O) groups is 2. The quantitative estimate of drug-likeness (QED) is 0.702. The van der Waals surface area contributed by atoms with E-state index in [-0.39, 0.29) is 18.5 Å². The molecule has 2 heterocycles. The smallest absolute Gasteiger partial charge is 0.324 e. The van der Waals surface area contributed by atoms with Gasteiger partial charge in [-0.3, -0.25) is 9.69 Å². The third-order valence-electron chi connectivity index (χ3n) is 7.50. The number of carboxylic acid groups (broad SMARTS) is 1. The van der Waals surface area contributed by atoms with E-state index in [9.17, 15) is 9.59 Å². The maximum absolute atomic E-state index is 13.2. The van der Waals surface area contributed by atoms with E-state index in [2.05, 4.69) is 29.2 Å². The average molecular weight is 439 g/mol. The van der Waals surface area contributed by atoms with Gasteiger partial charge in [0.25, 0.3) is 0 Å². The molecule has 2 amide bonds. The molecule has 1 aromatic rings. The van der Waals surface area contributed by atoms with Crippen molar-refractivity contribution in [3.05, 3.63) is 29.3 Å². The maximum Gasteiger partial charge on any atom is 0.324 e. The van der Waals surface area contributed by atoms with E-state index in [1.165, 1.54) is 11.1 Å². The number of nitriles is 1. The van der Waals surface area contributed by atoms with Gasteiger partial charge in [0, 0.05) is 57.3 Å². The minimum atomic E-state index is -0.715. The van der Waals surface area contributed by atoms with Gasteiger partial charge in [-0.2, -0.15) is 5.26 Å². The molecule has 1 N–H and O–H groups in total. The largest absolute Gasteiger partial charge is 0.481 e. The van der Waals surface area contributed by atoms with Crippen LogP contribution in [0.4, 0.5) is 10.5 Å². The Morgan fingerprint density at radius 3 is 2.53 bits per heavy atom. The highest BCUT2D eigenvalue weighted by molar-refractivity contribution is 5.94. The van der Waals surface area contributed by atoms with Crippen LogP contribution in [0.25, 0.3) is 0 Å². The van der Waals surface area contributed by atoms with Crippen LogP contribution < -0.4 is 4.90 Å². The number of benzene rings is 1. The Hall–Kier alpha value is -2.59. The van der Waals surface area contributed by atoms with Gasteiger partial charge in [0.2, 0.25) is 0 Å². The van der Waals surface area contributed by atoms with Crippen molar-refractivity contribution >= 4 is 17.7 Å². The number of aliphatic carboxylic acids is 1. The van der Waals surface area contributed by atoms with Crippen LogP contribution in [0.1, 0.15) is 56.1 Å². The summed E-state index contributed by atoms with van der Waals surface area (Å²) in [4.78, 5) is 30.4. The van der Waals surface area contributed by atoms with Gasteiger partial charge in [-0.15, -0.1) is 0 Å². The van der Waals surface area contributed by atoms with Gasteiger partial charge in [-0.25, -0.2) is 4.79 Å². The summed E-state index contributed by atoms with van der Waals surface area (Å²) in [5, 5.41) is 17.8. The average Bonchev–Trinajstić information content (AvgIpc) is 3.06. The SMILES string of the molecule is N#CCCN1CCc2ccc(N3CCN(C4CCC(CCC(=O)O)CC4)C3=O)cc2CC1. The third-order valence-corrected chi connectivity index (χ3v) is 7.50. The molecule has 3 aliphatic rings. The van der Waals surface area contributed by atoms with Gasteiger partial charge in [0.05, 0.1) is 6.07 Å². The fraction of sp³-hybridized carbons (Fsp3) is 0.640. The Balaban J connectivity index is 1.34. The lowest BCUT2D eigenvalue weighted by molar-refractivity contribution is -0.137. The summed E-state index contributed by atoms with van der Waals surface area (Å²) in [5.74, 6) is -0.235. The standard InChI is InChI=1S/C25H34N4O3/c26-12-1-13-27-14-10-20-5-8-23(18-21(20)11-15-27)29-17-16-28(25(29)32)22-6-2-19(3-7-22)4-9-24(30)31/h5,8,18-19,22H,1-4,6-7,9-11,13-17H2,(H,30,31). The van der Waals surface area contributed by atoms with Gasteiger partial charge >= 0.3 is 12.0 Å². The maximum atomic E-state index is 13.2. The third kappa shape index (κ3) is 5.24. The monoisotopic (exact) mass is 438 g/mol. The van der Waals surface area contributed by atoms with Crippen LogP contribution in [0.5, 0.6) is 0 Å². The van der Waals surface area contributed by atoms with Crippen LogP contribution in [-0.2, 0) is 17.6 Å². The van der Waals surface area contributed by atoms with Crippen molar-refractivity contribution in [1.29, 1.82) is 5.26 Å². The number of hydrogen-bond acceptors (Lipinski definition) is 4. The Morgan fingerprint density at radius 2 is 1.81 bits per heavy atom. The normalized spacial score (nSPS) is 24.2. The Labute approximate surface area is 190 Å². The Morgan fingerprint density at radius 1 is 1.06 bits per heavy atom. The van der Waals surface area contributed by atoms with Crippen molar-refractivity contribution in [3.63, 3.8) is 0 Å². The zero-order valence-electron chi connectivity index (χ0n) is 18.8. The number of carbonyl (C=O) groups excluding carboxylic acids is 1. The lowest BCUT2D eigenvalue weighted by Gasteiger charge is -2.34. The van der Waals surface area contributed by atoms with E-state index in [4.69, 9.17) is 10.4 Å². The van der Waals surface area contributed by atoms with Crippen molar-refractivity contribution < 1.29 is 14.7 Å². The molecule has 0 aromatic heterocycles. The summed E-state index contributed by atoms with van der Waals surface area (Å²) in [5.41, 5.74) is 3.68. The van der Waals surface area contributed by atoms with E-state index in [0.29, 0.717) is 12.3 Å². The zero-order valence-corrected chi connectivity index (χ0v) is 18.8. The van der Waals surface area contributed by atoms with E-state index in [1.807, 2.05) is 9.80 Å². The molecule has 0 atom stereocenters. The van der Waals surface area contributed by atoms with Crippen LogP contribution in [-0.4, -0.2) is 65.7 Å². The van der Waals surface area contributed by atoms with Crippen molar-refractivity contribution in [2.24, 2.45) is 5.92 Å².